The lowest BCUT2D eigenvalue weighted by molar-refractivity contribution is 0.736. The van der Waals surface area contributed by atoms with Crippen LogP contribution in [0.2, 0.25) is 0 Å². The first kappa shape index (κ1) is 13.6. The molecule has 0 aliphatic heterocycles. The number of alkyl halides is 1. The Morgan fingerprint density at radius 3 is 2.75 bits per heavy atom. The Balaban J connectivity index is 2.18. The van der Waals surface area contributed by atoms with Crippen molar-refractivity contribution in [3.05, 3.63) is 45.7 Å². The fourth-order valence-corrected chi connectivity index (χ4v) is 3.38. The number of halogens is 1. The lowest BCUT2D eigenvalue weighted by Crippen LogP contribution is -2.06. The zero-order valence-electron chi connectivity index (χ0n) is 11.7. The number of fused-ring (bicyclic) bond motifs is 1. The molecule has 0 bridgehead atoms. The number of aromatic nitrogens is 3. The zero-order chi connectivity index (χ0) is 14.3. The number of nitrogens with zero attached hydrogens (tertiary/aromatic N) is 3. The summed E-state index contributed by atoms with van der Waals surface area (Å²) in [7, 11) is 0. The van der Waals surface area contributed by atoms with Crippen LogP contribution >= 0.6 is 22.9 Å². The minimum atomic E-state index is -0.122. The van der Waals surface area contributed by atoms with Crippen molar-refractivity contribution in [2.75, 3.05) is 0 Å². The summed E-state index contributed by atoms with van der Waals surface area (Å²) in [5.41, 5.74) is 4.43. The minimum Gasteiger partial charge on any atom is -0.320 e. The summed E-state index contributed by atoms with van der Waals surface area (Å²) >= 11 is 7.98. The number of benzene rings is 1. The van der Waals surface area contributed by atoms with Gasteiger partial charge in [0, 0.05) is 11.1 Å². The fraction of sp³-hybridized carbons (Fsp3) is 0.333. The quantitative estimate of drug-likeness (QED) is 0.669. The molecular weight excluding hydrogens is 290 g/mol. The van der Waals surface area contributed by atoms with Crippen molar-refractivity contribution in [3.8, 4) is 0 Å². The Morgan fingerprint density at radius 1 is 1.30 bits per heavy atom. The normalized spacial score (nSPS) is 13.0. The number of aryl methyl sites for hydroxylation is 2. The molecule has 0 N–H and O–H groups in total. The van der Waals surface area contributed by atoms with Gasteiger partial charge >= 0.3 is 0 Å². The van der Waals surface area contributed by atoms with Crippen LogP contribution in [0.3, 0.4) is 0 Å². The number of rotatable bonds is 3. The first-order valence-electron chi connectivity index (χ1n) is 6.57. The van der Waals surface area contributed by atoms with E-state index < -0.39 is 0 Å². The summed E-state index contributed by atoms with van der Waals surface area (Å²) in [4.78, 5) is 9.23. The van der Waals surface area contributed by atoms with Crippen molar-refractivity contribution in [2.24, 2.45) is 0 Å². The molecule has 0 amide bonds. The molecule has 0 fully saturated rings. The highest BCUT2D eigenvalue weighted by Crippen LogP contribution is 2.28. The predicted molar refractivity (Wildman–Crippen MR) is 84.7 cm³/mol. The molecule has 2 aromatic heterocycles. The lowest BCUT2D eigenvalue weighted by atomic mass is 10.2. The first-order valence-corrected chi connectivity index (χ1v) is 7.88. The van der Waals surface area contributed by atoms with E-state index >= 15 is 0 Å². The van der Waals surface area contributed by atoms with E-state index in [0.29, 0.717) is 0 Å². The maximum atomic E-state index is 6.30. The van der Waals surface area contributed by atoms with Crippen molar-refractivity contribution in [1.29, 1.82) is 0 Å². The molecule has 1 unspecified atom stereocenters. The third kappa shape index (κ3) is 2.34. The summed E-state index contributed by atoms with van der Waals surface area (Å²) in [6.07, 6.45) is 0. The van der Waals surface area contributed by atoms with Gasteiger partial charge in [-0.25, -0.2) is 9.97 Å². The van der Waals surface area contributed by atoms with E-state index in [1.165, 1.54) is 5.56 Å². The predicted octanol–water partition coefficient (Wildman–Crippen LogP) is 4.46. The number of thiazole rings is 1. The molecule has 20 heavy (non-hydrogen) atoms. The van der Waals surface area contributed by atoms with Crippen LogP contribution in [0, 0.1) is 13.8 Å². The van der Waals surface area contributed by atoms with Crippen molar-refractivity contribution in [2.45, 2.75) is 32.7 Å². The molecule has 0 aliphatic carbocycles. The third-order valence-corrected chi connectivity index (χ3v) is 4.46. The average Bonchev–Trinajstić information content (AvgIpc) is 2.95. The van der Waals surface area contributed by atoms with E-state index in [1.807, 2.05) is 26.0 Å². The molecular formula is C15H16ClN3S. The van der Waals surface area contributed by atoms with Gasteiger partial charge in [-0.2, -0.15) is 0 Å². The Morgan fingerprint density at radius 2 is 2.10 bits per heavy atom. The maximum absolute atomic E-state index is 6.30. The maximum Gasteiger partial charge on any atom is 0.128 e. The molecule has 0 saturated heterocycles. The second kappa shape index (κ2) is 5.19. The summed E-state index contributed by atoms with van der Waals surface area (Å²) in [5, 5.41) is 3.04. The van der Waals surface area contributed by atoms with Crippen LogP contribution < -0.4 is 0 Å². The summed E-state index contributed by atoms with van der Waals surface area (Å²) in [6, 6.07) is 6.18. The first-order chi connectivity index (χ1) is 9.56. The van der Waals surface area contributed by atoms with E-state index in [1.54, 1.807) is 11.3 Å². The molecule has 1 atom stereocenters. The van der Waals surface area contributed by atoms with Crippen LogP contribution in [0.5, 0.6) is 0 Å². The summed E-state index contributed by atoms with van der Waals surface area (Å²) in [6.45, 7) is 6.81. The van der Waals surface area contributed by atoms with Gasteiger partial charge in [0.25, 0.3) is 0 Å². The molecule has 0 saturated carbocycles. The van der Waals surface area contributed by atoms with Gasteiger partial charge in [-0.15, -0.1) is 22.9 Å². The number of hydrogen-bond acceptors (Lipinski definition) is 3. The second-order valence-corrected chi connectivity index (χ2v) is 6.59. The van der Waals surface area contributed by atoms with E-state index in [4.69, 9.17) is 11.6 Å². The number of imidazole rings is 1. The Hall–Kier alpha value is -1.39. The van der Waals surface area contributed by atoms with E-state index in [-0.39, 0.29) is 5.38 Å². The molecule has 0 spiro atoms. The fourth-order valence-electron chi connectivity index (χ4n) is 2.46. The van der Waals surface area contributed by atoms with Crippen LogP contribution in [-0.2, 0) is 6.54 Å². The highest BCUT2D eigenvalue weighted by atomic mass is 35.5. The van der Waals surface area contributed by atoms with Gasteiger partial charge in [-0.05, 0) is 32.4 Å². The highest BCUT2D eigenvalue weighted by molar-refractivity contribution is 7.09. The van der Waals surface area contributed by atoms with Crippen LogP contribution in [0.25, 0.3) is 11.0 Å². The highest BCUT2D eigenvalue weighted by Gasteiger charge is 2.17. The van der Waals surface area contributed by atoms with Crippen LogP contribution in [0.15, 0.2) is 23.6 Å². The average molecular weight is 306 g/mol. The van der Waals surface area contributed by atoms with Crippen LogP contribution in [0.4, 0.5) is 0 Å². The molecule has 5 heteroatoms. The molecule has 0 aliphatic rings. The largest absolute Gasteiger partial charge is 0.320 e. The Kier molecular flexibility index (Phi) is 3.52. The van der Waals surface area contributed by atoms with Gasteiger partial charge in [0.15, 0.2) is 0 Å². The summed E-state index contributed by atoms with van der Waals surface area (Å²) in [5.74, 6) is 0.906. The molecule has 3 aromatic rings. The van der Waals surface area contributed by atoms with Gasteiger partial charge in [0.05, 0.1) is 23.0 Å². The van der Waals surface area contributed by atoms with Crippen molar-refractivity contribution < 1.29 is 0 Å². The minimum absolute atomic E-state index is 0.122. The Bertz CT molecular complexity index is 758. The van der Waals surface area contributed by atoms with Crippen LogP contribution in [0.1, 0.15) is 34.4 Å². The molecule has 104 valence electrons. The third-order valence-electron chi connectivity index (χ3n) is 3.31. The smallest absolute Gasteiger partial charge is 0.128 e. The van der Waals surface area contributed by atoms with Crippen molar-refractivity contribution in [1.82, 2.24) is 14.5 Å². The van der Waals surface area contributed by atoms with E-state index in [2.05, 4.69) is 32.9 Å². The monoisotopic (exact) mass is 305 g/mol. The van der Waals surface area contributed by atoms with Crippen LogP contribution in [-0.4, -0.2) is 14.5 Å². The molecule has 3 nitrogen and oxygen atoms in total. The SMILES string of the molecule is Cc1csc(Cn2c(C(C)Cl)nc3cccc(C)c32)n1. The number of para-hydroxylation sites is 1. The standard InChI is InChI=1S/C15H16ClN3S/c1-9-5-4-6-12-14(9)19(15(18-12)11(3)16)7-13-17-10(2)8-20-13/h4-6,8,11H,7H2,1-3H3. The molecule has 1 aromatic carbocycles. The van der Waals surface area contributed by atoms with Gasteiger partial charge in [0.2, 0.25) is 0 Å². The van der Waals surface area contributed by atoms with E-state index in [0.717, 1.165) is 34.1 Å². The molecule has 2 heterocycles. The van der Waals surface area contributed by atoms with Crippen molar-refractivity contribution in [3.63, 3.8) is 0 Å². The Labute approximate surface area is 127 Å². The van der Waals surface area contributed by atoms with Gasteiger partial charge in [-0.1, -0.05) is 12.1 Å². The van der Waals surface area contributed by atoms with Crippen molar-refractivity contribution >= 4 is 34.0 Å². The molecule has 3 rings (SSSR count). The zero-order valence-corrected chi connectivity index (χ0v) is 13.3. The topological polar surface area (TPSA) is 30.7 Å². The lowest BCUT2D eigenvalue weighted by Gasteiger charge is -2.10. The number of hydrogen-bond donors (Lipinski definition) is 0. The second-order valence-electron chi connectivity index (χ2n) is 5.00. The molecule has 0 radical (unpaired) electrons. The van der Waals surface area contributed by atoms with Gasteiger partial charge < -0.3 is 4.57 Å². The van der Waals surface area contributed by atoms with E-state index in [9.17, 15) is 0 Å². The van der Waals surface area contributed by atoms with Gasteiger partial charge in [0.1, 0.15) is 10.8 Å². The van der Waals surface area contributed by atoms with Gasteiger partial charge in [-0.3, -0.25) is 0 Å². The summed E-state index contributed by atoms with van der Waals surface area (Å²) < 4.78 is 2.20.